The molecule has 0 unspecified atom stereocenters. The van der Waals surface area contributed by atoms with E-state index in [9.17, 15) is 9.59 Å². The minimum absolute atomic E-state index is 0.176. The molecule has 0 aliphatic heterocycles. The summed E-state index contributed by atoms with van der Waals surface area (Å²) in [6, 6.07) is 12.2. The van der Waals surface area contributed by atoms with Crippen LogP contribution < -0.4 is 14.8 Å². The molecule has 150 valence electrons. The highest BCUT2D eigenvalue weighted by Crippen LogP contribution is 2.36. The van der Waals surface area contributed by atoms with E-state index in [4.69, 9.17) is 25.8 Å². The summed E-state index contributed by atoms with van der Waals surface area (Å²) in [6.45, 7) is 3.90. The number of halogens is 1. The largest absolute Gasteiger partial charge is 0.493 e. The van der Waals surface area contributed by atoms with E-state index in [-0.39, 0.29) is 16.6 Å². The van der Waals surface area contributed by atoms with Gasteiger partial charge in [-0.1, -0.05) is 48.9 Å². The highest BCUT2D eigenvalue weighted by molar-refractivity contribution is 6.32. The van der Waals surface area contributed by atoms with Gasteiger partial charge in [0.15, 0.2) is 18.1 Å². The maximum atomic E-state index is 12.3. The molecular weight excluding hydrogens is 382 g/mol. The first-order chi connectivity index (χ1) is 13.5. The van der Waals surface area contributed by atoms with Crippen molar-refractivity contribution in [2.75, 3.05) is 20.3 Å². The van der Waals surface area contributed by atoms with Gasteiger partial charge in [0.25, 0.3) is 5.91 Å². The summed E-state index contributed by atoms with van der Waals surface area (Å²) >= 11 is 6.20. The lowest BCUT2D eigenvalue weighted by Crippen LogP contribution is -2.31. The molecule has 6 nitrogen and oxygen atoms in total. The molecule has 7 heteroatoms. The van der Waals surface area contributed by atoms with Crippen LogP contribution in [0.25, 0.3) is 0 Å². The lowest BCUT2D eigenvalue weighted by molar-refractivity contribution is -0.124. The van der Waals surface area contributed by atoms with Crippen molar-refractivity contribution in [2.24, 2.45) is 0 Å². The number of hydrogen-bond acceptors (Lipinski definition) is 5. The summed E-state index contributed by atoms with van der Waals surface area (Å²) < 4.78 is 15.9. The first-order valence-corrected chi connectivity index (χ1v) is 9.35. The molecule has 2 rings (SSSR count). The molecule has 0 aliphatic carbocycles. The normalized spacial score (nSPS) is 11.4. The number of carbonyl (C=O) groups excluding carboxylic acids is 2. The number of carbonyl (C=O) groups is 2. The SMILES string of the molecule is CCCOc1c(Cl)cc(C(=O)OCC(=O)N[C@H](C)c2ccccc2)cc1OC. The maximum absolute atomic E-state index is 12.3. The zero-order valence-corrected chi connectivity index (χ0v) is 16.9. The molecule has 0 bridgehead atoms. The van der Waals surface area contributed by atoms with E-state index in [1.807, 2.05) is 44.2 Å². The Morgan fingerprint density at radius 2 is 1.89 bits per heavy atom. The van der Waals surface area contributed by atoms with Crippen molar-refractivity contribution in [3.05, 3.63) is 58.6 Å². The molecule has 0 aromatic heterocycles. The van der Waals surface area contributed by atoms with Crippen molar-refractivity contribution >= 4 is 23.5 Å². The lowest BCUT2D eigenvalue weighted by Gasteiger charge is -2.15. The van der Waals surface area contributed by atoms with E-state index < -0.39 is 18.5 Å². The van der Waals surface area contributed by atoms with Gasteiger partial charge in [0.1, 0.15) is 0 Å². The zero-order valence-electron chi connectivity index (χ0n) is 16.2. The topological polar surface area (TPSA) is 73.9 Å². The van der Waals surface area contributed by atoms with Crippen molar-refractivity contribution in [1.29, 1.82) is 0 Å². The van der Waals surface area contributed by atoms with Crippen LogP contribution in [0.2, 0.25) is 5.02 Å². The standard InChI is InChI=1S/C21H24ClNO5/c1-4-10-27-20-17(22)11-16(12-18(20)26-3)21(25)28-13-19(24)23-14(2)15-8-6-5-7-9-15/h5-9,11-12,14H,4,10,13H2,1-3H3,(H,23,24)/t14-/m1/s1. The summed E-state index contributed by atoms with van der Waals surface area (Å²) in [5.74, 6) is -0.373. The molecule has 2 aromatic carbocycles. The van der Waals surface area contributed by atoms with Crippen molar-refractivity contribution < 1.29 is 23.8 Å². The third-order valence-electron chi connectivity index (χ3n) is 3.93. The van der Waals surface area contributed by atoms with Gasteiger partial charge in [-0.2, -0.15) is 0 Å². The van der Waals surface area contributed by atoms with Gasteiger partial charge in [-0.3, -0.25) is 4.79 Å². The first-order valence-electron chi connectivity index (χ1n) is 8.98. The molecule has 0 fully saturated rings. The van der Waals surface area contributed by atoms with Gasteiger partial charge in [-0.05, 0) is 31.0 Å². The van der Waals surface area contributed by atoms with Gasteiger partial charge < -0.3 is 19.5 Å². The van der Waals surface area contributed by atoms with E-state index >= 15 is 0 Å². The van der Waals surface area contributed by atoms with Gasteiger partial charge in [0, 0.05) is 0 Å². The zero-order chi connectivity index (χ0) is 20.5. The molecule has 1 atom stereocenters. The molecule has 0 saturated carbocycles. The third-order valence-corrected chi connectivity index (χ3v) is 4.21. The van der Waals surface area contributed by atoms with Crippen molar-refractivity contribution in [3.8, 4) is 11.5 Å². The van der Waals surface area contributed by atoms with E-state index in [1.165, 1.54) is 19.2 Å². The quantitative estimate of drug-likeness (QED) is 0.634. The Balaban J connectivity index is 1.97. The smallest absolute Gasteiger partial charge is 0.338 e. The van der Waals surface area contributed by atoms with E-state index in [0.717, 1.165) is 12.0 Å². The highest BCUT2D eigenvalue weighted by atomic mass is 35.5. The Bertz CT molecular complexity index is 810. The van der Waals surface area contributed by atoms with Crippen LogP contribution in [-0.2, 0) is 9.53 Å². The van der Waals surface area contributed by atoms with Crippen LogP contribution >= 0.6 is 11.6 Å². The predicted molar refractivity (Wildman–Crippen MR) is 107 cm³/mol. The first kappa shape index (κ1) is 21.6. The van der Waals surface area contributed by atoms with Crippen LogP contribution in [0.15, 0.2) is 42.5 Å². The second-order valence-corrected chi connectivity index (χ2v) is 6.52. The summed E-state index contributed by atoms with van der Waals surface area (Å²) in [5, 5.41) is 3.02. The summed E-state index contributed by atoms with van der Waals surface area (Å²) in [7, 11) is 1.46. The molecule has 0 spiro atoms. The number of benzene rings is 2. The van der Waals surface area contributed by atoms with Gasteiger partial charge >= 0.3 is 5.97 Å². The van der Waals surface area contributed by atoms with Crippen LogP contribution in [0.5, 0.6) is 11.5 Å². The van der Waals surface area contributed by atoms with Crippen LogP contribution in [0.1, 0.15) is 42.2 Å². The Morgan fingerprint density at radius 3 is 2.54 bits per heavy atom. The van der Waals surface area contributed by atoms with E-state index in [2.05, 4.69) is 5.32 Å². The average Bonchev–Trinajstić information content (AvgIpc) is 2.71. The number of methoxy groups -OCH3 is 1. The fraction of sp³-hybridized carbons (Fsp3) is 0.333. The Labute approximate surface area is 169 Å². The van der Waals surface area contributed by atoms with Crippen LogP contribution in [0, 0.1) is 0 Å². The molecule has 28 heavy (non-hydrogen) atoms. The monoisotopic (exact) mass is 405 g/mol. The average molecular weight is 406 g/mol. The number of hydrogen-bond donors (Lipinski definition) is 1. The summed E-state index contributed by atoms with van der Waals surface area (Å²) in [4.78, 5) is 24.4. The highest BCUT2D eigenvalue weighted by Gasteiger charge is 2.18. The number of ether oxygens (including phenoxy) is 3. The van der Waals surface area contributed by atoms with Crippen molar-refractivity contribution in [3.63, 3.8) is 0 Å². The number of nitrogens with one attached hydrogen (secondary N) is 1. The van der Waals surface area contributed by atoms with Crippen LogP contribution in [0.4, 0.5) is 0 Å². The minimum Gasteiger partial charge on any atom is -0.493 e. The fourth-order valence-electron chi connectivity index (χ4n) is 2.50. The Morgan fingerprint density at radius 1 is 1.18 bits per heavy atom. The van der Waals surface area contributed by atoms with E-state index in [0.29, 0.717) is 18.1 Å². The van der Waals surface area contributed by atoms with Crippen molar-refractivity contribution in [2.45, 2.75) is 26.3 Å². The molecule has 0 aliphatic rings. The molecule has 0 heterocycles. The number of amides is 1. The van der Waals surface area contributed by atoms with E-state index in [1.54, 1.807) is 0 Å². The molecule has 0 saturated heterocycles. The van der Waals surface area contributed by atoms with Crippen LogP contribution in [-0.4, -0.2) is 32.2 Å². The second-order valence-electron chi connectivity index (χ2n) is 6.11. The molecular formula is C21H24ClNO5. The molecule has 1 amide bonds. The fourth-order valence-corrected chi connectivity index (χ4v) is 2.77. The van der Waals surface area contributed by atoms with Gasteiger partial charge in [-0.25, -0.2) is 4.79 Å². The predicted octanol–water partition coefficient (Wildman–Crippen LogP) is 4.17. The summed E-state index contributed by atoms with van der Waals surface area (Å²) in [6.07, 6.45) is 0.805. The van der Waals surface area contributed by atoms with Gasteiger partial charge in [-0.15, -0.1) is 0 Å². The van der Waals surface area contributed by atoms with Gasteiger partial charge in [0.2, 0.25) is 0 Å². The van der Waals surface area contributed by atoms with Crippen LogP contribution in [0.3, 0.4) is 0 Å². The Kier molecular flexibility index (Phi) is 8.14. The molecule has 0 radical (unpaired) electrons. The van der Waals surface area contributed by atoms with Gasteiger partial charge in [0.05, 0.1) is 30.3 Å². The third kappa shape index (κ3) is 5.89. The van der Waals surface area contributed by atoms with Crippen molar-refractivity contribution in [1.82, 2.24) is 5.32 Å². The second kappa shape index (κ2) is 10.6. The molecule has 1 N–H and O–H groups in total. The maximum Gasteiger partial charge on any atom is 0.338 e. The molecule has 2 aromatic rings. The Hall–Kier alpha value is -2.73. The number of esters is 1. The summed E-state index contributed by atoms with van der Waals surface area (Å²) in [5.41, 5.74) is 1.14. The minimum atomic E-state index is -0.676. The lowest BCUT2D eigenvalue weighted by atomic mass is 10.1. The number of rotatable bonds is 9.